The van der Waals surface area contributed by atoms with E-state index < -0.39 is 0 Å². The second kappa shape index (κ2) is 7.99. The molecule has 114 valence electrons. The number of hydrazine groups is 1. The van der Waals surface area contributed by atoms with Crippen LogP contribution in [0.1, 0.15) is 39.7 Å². The highest BCUT2D eigenvalue weighted by Crippen LogP contribution is 2.26. The monoisotopic (exact) mass is 297 g/mol. The Kier molecular flexibility index (Phi) is 6.96. The lowest BCUT2D eigenvalue weighted by Crippen LogP contribution is -2.61. The predicted molar refractivity (Wildman–Crippen MR) is 87.9 cm³/mol. The number of nitrogens with zero attached hydrogens (tertiary/aromatic N) is 1. The van der Waals surface area contributed by atoms with Crippen LogP contribution in [0.4, 0.5) is 0 Å². The van der Waals surface area contributed by atoms with E-state index in [9.17, 15) is 0 Å². The molecule has 2 atom stereocenters. The number of rotatable bonds is 8. The Morgan fingerprint density at radius 2 is 1.95 bits per heavy atom. The van der Waals surface area contributed by atoms with E-state index in [-0.39, 0.29) is 11.6 Å². The first-order valence-electron chi connectivity index (χ1n) is 7.47. The summed E-state index contributed by atoms with van der Waals surface area (Å²) in [6.45, 7) is 11.0. The van der Waals surface area contributed by atoms with Gasteiger partial charge in [0.25, 0.3) is 0 Å². The van der Waals surface area contributed by atoms with E-state index in [1.165, 1.54) is 5.56 Å². The smallest absolute Gasteiger partial charge is 0.0432 e. The molecule has 0 saturated heterocycles. The van der Waals surface area contributed by atoms with Gasteiger partial charge < -0.3 is 0 Å². The fraction of sp³-hybridized carbons (Fsp3) is 0.625. The van der Waals surface area contributed by atoms with Gasteiger partial charge in [-0.15, -0.1) is 0 Å². The molecule has 0 bridgehead atoms. The third-order valence-electron chi connectivity index (χ3n) is 4.48. The number of nitrogens with one attached hydrogen (secondary N) is 1. The van der Waals surface area contributed by atoms with Gasteiger partial charge in [0.1, 0.15) is 0 Å². The molecule has 0 spiro atoms. The molecule has 3 nitrogen and oxygen atoms in total. The van der Waals surface area contributed by atoms with Gasteiger partial charge in [-0.2, -0.15) is 0 Å². The Balaban J connectivity index is 2.97. The van der Waals surface area contributed by atoms with Crippen LogP contribution in [-0.2, 0) is 6.42 Å². The Labute approximate surface area is 128 Å². The van der Waals surface area contributed by atoms with Crippen LogP contribution >= 0.6 is 11.6 Å². The van der Waals surface area contributed by atoms with Crippen LogP contribution < -0.4 is 11.3 Å². The van der Waals surface area contributed by atoms with Gasteiger partial charge in [-0.1, -0.05) is 44.5 Å². The molecular weight excluding hydrogens is 270 g/mol. The quantitative estimate of drug-likeness (QED) is 0.572. The lowest BCUT2D eigenvalue weighted by atomic mass is 9.83. The van der Waals surface area contributed by atoms with E-state index in [1.54, 1.807) is 0 Å². The summed E-state index contributed by atoms with van der Waals surface area (Å²) in [5.41, 5.74) is 4.27. The van der Waals surface area contributed by atoms with E-state index >= 15 is 0 Å². The summed E-state index contributed by atoms with van der Waals surface area (Å²) in [5.74, 6) is 5.86. The summed E-state index contributed by atoms with van der Waals surface area (Å²) in [6, 6.07) is 8.20. The first kappa shape index (κ1) is 17.4. The highest BCUT2D eigenvalue weighted by Gasteiger charge is 2.36. The normalized spacial score (nSPS) is 16.1. The minimum Gasteiger partial charge on any atom is -0.297 e. The number of hydrogen-bond donors (Lipinski definition) is 2. The average molecular weight is 298 g/mol. The topological polar surface area (TPSA) is 41.3 Å². The molecule has 0 aliphatic rings. The highest BCUT2D eigenvalue weighted by molar-refractivity contribution is 6.30. The van der Waals surface area contributed by atoms with Gasteiger partial charge in [0, 0.05) is 16.6 Å². The van der Waals surface area contributed by atoms with Crippen LogP contribution in [0, 0.1) is 0 Å². The third-order valence-corrected chi connectivity index (χ3v) is 4.72. The Morgan fingerprint density at radius 1 is 1.30 bits per heavy atom. The molecule has 1 aromatic carbocycles. The summed E-state index contributed by atoms with van der Waals surface area (Å²) in [5, 5.41) is 0.777. The molecule has 0 fully saturated rings. The zero-order valence-corrected chi connectivity index (χ0v) is 13.9. The van der Waals surface area contributed by atoms with E-state index in [0.29, 0.717) is 0 Å². The molecule has 0 heterocycles. The van der Waals surface area contributed by atoms with Gasteiger partial charge in [-0.3, -0.25) is 16.2 Å². The summed E-state index contributed by atoms with van der Waals surface area (Å²) >= 11 is 6.07. The standard InChI is InChI=1S/C16H28ClN3/c1-5-16(4,20(6-2)7-3)15(19-18)12-13-9-8-10-14(17)11-13/h8-11,15,19H,5-7,12,18H2,1-4H3. The molecular formula is C16H28ClN3. The molecule has 4 heteroatoms. The van der Waals surface area contributed by atoms with Crippen LogP contribution in [0.2, 0.25) is 5.02 Å². The van der Waals surface area contributed by atoms with Gasteiger partial charge >= 0.3 is 0 Å². The van der Waals surface area contributed by atoms with Crippen molar-refractivity contribution in [1.29, 1.82) is 0 Å². The van der Waals surface area contributed by atoms with Crippen molar-refractivity contribution in [2.45, 2.75) is 52.1 Å². The van der Waals surface area contributed by atoms with Crippen molar-refractivity contribution in [1.82, 2.24) is 10.3 Å². The summed E-state index contributed by atoms with van der Waals surface area (Å²) in [4.78, 5) is 2.47. The number of halogens is 1. The fourth-order valence-corrected chi connectivity index (χ4v) is 3.21. The Bertz CT molecular complexity index is 406. The van der Waals surface area contributed by atoms with Crippen molar-refractivity contribution in [3.63, 3.8) is 0 Å². The number of likely N-dealkylation sites (N-methyl/N-ethyl adjacent to an activating group) is 1. The van der Waals surface area contributed by atoms with Crippen molar-refractivity contribution in [3.05, 3.63) is 34.9 Å². The Hall–Kier alpha value is -0.610. The van der Waals surface area contributed by atoms with Crippen LogP contribution in [0.5, 0.6) is 0 Å². The van der Waals surface area contributed by atoms with Crippen molar-refractivity contribution in [2.75, 3.05) is 13.1 Å². The van der Waals surface area contributed by atoms with Gasteiger partial charge in [0.05, 0.1) is 0 Å². The SMILES string of the molecule is CCN(CC)C(C)(CC)C(Cc1cccc(Cl)c1)NN. The van der Waals surface area contributed by atoms with E-state index in [1.807, 2.05) is 18.2 Å². The van der Waals surface area contributed by atoms with Crippen LogP contribution in [0.15, 0.2) is 24.3 Å². The predicted octanol–water partition coefficient (Wildman–Crippen LogP) is 3.22. The van der Waals surface area contributed by atoms with E-state index in [4.69, 9.17) is 17.4 Å². The first-order chi connectivity index (χ1) is 9.51. The number of benzene rings is 1. The van der Waals surface area contributed by atoms with E-state index in [2.05, 4.69) is 44.1 Å². The second-order valence-electron chi connectivity index (χ2n) is 5.44. The summed E-state index contributed by atoms with van der Waals surface area (Å²) < 4.78 is 0. The summed E-state index contributed by atoms with van der Waals surface area (Å²) in [7, 11) is 0. The molecule has 2 unspecified atom stereocenters. The average Bonchev–Trinajstić information content (AvgIpc) is 2.45. The lowest BCUT2D eigenvalue weighted by molar-refractivity contribution is 0.0701. The molecule has 0 amide bonds. The highest BCUT2D eigenvalue weighted by atomic mass is 35.5. The number of nitrogens with two attached hydrogens (primary N) is 1. The van der Waals surface area contributed by atoms with Gasteiger partial charge in [-0.05, 0) is 50.6 Å². The van der Waals surface area contributed by atoms with Crippen LogP contribution in [0.25, 0.3) is 0 Å². The van der Waals surface area contributed by atoms with Gasteiger partial charge in [0.2, 0.25) is 0 Å². The third kappa shape index (κ3) is 3.95. The summed E-state index contributed by atoms with van der Waals surface area (Å²) in [6.07, 6.45) is 1.92. The Morgan fingerprint density at radius 3 is 2.40 bits per heavy atom. The van der Waals surface area contributed by atoms with Crippen molar-refractivity contribution in [3.8, 4) is 0 Å². The molecule has 0 aliphatic heterocycles. The maximum absolute atomic E-state index is 6.07. The van der Waals surface area contributed by atoms with E-state index in [0.717, 1.165) is 31.0 Å². The zero-order valence-electron chi connectivity index (χ0n) is 13.1. The molecule has 0 aliphatic carbocycles. The van der Waals surface area contributed by atoms with Crippen LogP contribution in [-0.4, -0.2) is 29.6 Å². The minimum absolute atomic E-state index is 0.0283. The first-order valence-corrected chi connectivity index (χ1v) is 7.85. The number of hydrogen-bond acceptors (Lipinski definition) is 3. The van der Waals surface area contributed by atoms with Crippen molar-refractivity contribution >= 4 is 11.6 Å². The molecule has 0 saturated carbocycles. The second-order valence-corrected chi connectivity index (χ2v) is 5.87. The minimum atomic E-state index is 0.0283. The lowest BCUT2D eigenvalue weighted by Gasteiger charge is -2.45. The van der Waals surface area contributed by atoms with Crippen LogP contribution in [0.3, 0.4) is 0 Å². The maximum Gasteiger partial charge on any atom is 0.0432 e. The fourth-order valence-electron chi connectivity index (χ4n) is 2.99. The molecule has 20 heavy (non-hydrogen) atoms. The molecule has 1 rings (SSSR count). The largest absolute Gasteiger partial charge is 0.297 e. The maximum atomic E-state index is 6.07. The van der Waals surface area contributed by atoms with Crippen molar-refractivity contribution in [2.24, 2.45) is 5.84 Å². The molecule has 3 N–H and O–H groups in total. The zero-order chi connectivity index (χ0) is 15.2. The molecule has 0 aromatic heterocycles. The van der Waals surface area contributed by atoms with Crippen molar-refractivity contribution < 1.29 is 0 Å². The molecule has 1 aromatic rings. The molecule has 0 radical (unpaired) electrons. The van der Waals surface area contributed by atoms with Gasteiger partial charge in [-0.25, -0.2) is 0 Å². The van der Waals surface area contributed by atoms with Gasteiger partial charge in [0.15, 0.2) is 0 Å².